The quantitative estimate of drug-likeness (QED) is 0.247. The molecule has 1 aromatic heterocycles. The van der Waals surface area contributed by atoms with Crippen molar-refractivity contribution in [3.05, 3.63) is 35.3 Å². The molecule has 2 bridgehead atoms. The van der Waals surface area contributed by atoms with Gasteiger partial charge in [-0.2, -0.15) is 0 Å². The molecule has 2 saturated carbocycles. The van der Waals surface area contributed by atoms with Crippen molar-refractivity contribution in [2.24, 2.45) is 34.0 Å². The van der Waals surface area contributed by atoms with Gasteiger partial charge in [0.2, 0.25) is 0 Å². The monoisotopic (exact) mass is 558 g/mol. The van der Waals surface area contributed by atoms with E-state index in [-0.39, 0.29) is 30.5 Å². The Morgan fingerprint density at radius 1 is 1.07 bits per heavy atom. The van der Waals surface area contributed by atoms with Gasteiger partial charge in [0.1, 0.15) is 11.9 Å². The maximum absolute atomic E-state index is 14.4. The van der Waals surface area contributed by atoms with Gasteiger partial charge in [0, 0.05) is 42.3 Å². The van der Waals surface area contributed by atoms with Gasteiger partial charge in [-0.3, -0.25) is 19.2 Å². The number of Topliss-reactive ketones (excluding diaryl/α,β-unsaturated/α-hetero) is 1. The van der Waals surface area contributed by atoms with Crippen LogP contribution < -0.4 is 0 Å². The minimum Gasteiger partial charge on any atom is -0.472 e. The van der Waals surface area contributed by atoms with Crippen molar-refractivity contribution in [1.29, 1.82) is 0 Å². The normalized spacial score (nSPS) is 33.5. The Labute approximate surface area is 235 Å². The van der Waals surface area contributed by atoms with Crippen molar-refractivity contribution in [1.82, 2.24) is 0 Å². The summed E-state index contributed by atoms with van der Waals surface area (Å²) in [5.41, 5.74) is 0.506. The Morgan fingerprint density at radius 2 is 1.75 bits per heavy atom. The van der Waals surface area contributed by atoms with Crippen LogP contribution in [0.25, 0.3) is 0 Å². The predicted octanol–water partition coefficient (Wildman–Crippen LogP) is 4.99. The van der Waals surface area contributed by atoms with E-state index in [9.17, 15) is 19.2 Å². The minimum absolute atomic E-state index is 0.000115. The fourth-order valence-electron chi connectivity index (χ4n) is 8.47. The van der Waals surface area contributed by atoms with E-state index in [1.54, 1.807) is 19.6 Å². The third-order valence-corrected chi connectivity index (χ3v) is 10.3. The average molecular weight is 559 g/mol. The highest BCUT2D eigenvalue weighted by Gasteiger charge is 2.68. The zero-order valence-corrected chi connectivity index (χ0v) is 24.8. The van der Waals surface area contributed by atoms with Crippen LogP contribution >= 0.6 is 0 Å². The topological polar surface area (TPSA) is 118 Å². The van der Waals surface area contributed by atoms with Gasteiger partial charge < -0.3 is 23.4 Å². The number of carbonyl (C=O) groups is 4. The van der Waals surface area contributed by atoms with Crippen molar-refractivity contribution < 1.29 is 42.5 Å². The second-order valence-corrected chi connectivity index (χ2v) is 12.6. The molecule has 2 fully saturated rings. The van der Waals surface area contributed by atoms with Crippen LogP contribution in [0, 0.1) is 34.0 Å². The van der Waals surface area contributed by atoms with Gasteiger partial charge in [-0.05, 0) is 37.2 Å². The number of furan rings is 1. The van der Waals surface area contributed by atoms with E-state index in [1.165, 1.54) is 21.1 Å². The van der Waals surface area contributed by atoms with Crippen molar-refractivity contribution in [3.63, 3.8) is 0 Å². The maximum Gasteiger partial charge on any atom is 0.309 e. The summed E-state index contributed by atoms with van der Waals surface area (Å²) in [6, 6.07) is 1.86. The number of allylic oxidation sites excluding steroid dienone is 1. The number of carbonyl (C=O) groups excluding carboxylic acids is 4. The van der Waals surface area contributed by atoms with Crippen LogP contribution in [0.3, 0.4) is 0 Å². The summed E-state index contributed by atoms with van der Waals surface area (Å²) >= 11 is 0. The van der Waals surface area contributed by atoms with E-state index in [0.29, 0.717) is 19.3 Å². The second-order valence-electron chi connectivity index (χ2n) is 12.6. The second kappa shape index (κ2) is 10.8. The van der Waals surface area contributed by atoms with Gasteiger partial charge in [0.15, 0.2) is 0 Å². The lowest BCUT2D eigenvalue weighted by Gasteiger charge is -2.63. The molecule has 220 valence electrons. The highest BCUT2D eigenvalue weighted by molar-refractivity contribution is 5.92. The molecule has 4 rings (SSSR count). The summed E-state index contributed by atoms with van der Waals surface area (Å²) in [5, 5.41) is 0. The van der Waals surface area contributed by atoms with Gasteiger partial charge in [-0.1, -0.05) is 38.8 Å². The van der Waals surface area contributed by atoms with Crippen LogP contribution in [0.5, 0.6) is 0 Å². The Kier molecular flexibility index (Phi) is 8.11. The molecule has 7 atom stereocenters. The molecule has 1 aromatic rings. The molecule has 3 aliphatic rings. The molecule has 0 saturated heterocycles. The third-order valence-electron chi connectivity index (χ3n) is 10.3. The van der Waals surface area contributed by atoms with E-state index in [2.05, 4.69) is 6.92 Å². The highest BCUT2D eigenvalue weighted by Crippen LogP contribution is 2.67. The fraction of sp³-hybridized carbons (Fsp3) is 0.677. The minimum atomic E-state index is -0.937. The molecule has 0 aliphatic heterocycles. The molecule has 1 heterocycles. The first kappa shape index (κ1) is 30.0. The molecule has 9 nitrogen and oxygen atoms in total. The molecule has 0 radical (unpaired) electrons. The van der Waals surface area contributed by atoms with Crippen molar-refractivity contribution in [2.45, 2.75) is 78.9 Å². The number of ketones is 1. The molecule has 9 heteroatoms. The largest absolute Gasteiger partial charge is 0.472 e. The van der Waals surface area contributed by atoms with Crippen LogP contribution in [-0.2, 0) is 38.1 Å². The SMILES string of the molecule is COC(=O)CC1=C2C[C@@H]3C(=O)[C@](C)([C@H]2CC[C@@]1(C)C(OC)c1ccoc1)[C@@H](CC(=O)OC)C(C)(C)[C@@H]3OC(C)=O. The molecule has 40 heavy (non-hydrogen) atoms. The molecule has 3 aliphatic carbocycles. The van der Waals surface area contributed by atoms with Crippen LogP contribution in [0.15, 0.2) is 34.2 Å². The maximum atomic E-state index is 14.4. The number of hydrogen-bond acceptors (Lipinski definition) is 9. The van der Waals surface area contributed by atoms with Gasteiger partial charge >= 0.3 is 17.9 Å². The van der Waals surface area contributed by atoms with E-state index >= 15 is 0 Å². The third kappa shape index (κ3) is 4.60. The number of ether oxygens (including phenoxy) is 4. The number of esters is 3. The van der Waals surface area contributed by atoms with Crippen LogP contribution in [0.4, 0.5) is 0 Å². The van der Waals surface area contributed by atoms with Crippen molar-refractivity contribution >= 4 is 23.7 Å². The number of fused-ring (bicyclic) bond motifs is 4. The van der Waals surface area contributed by atoms with Gasteiger partial charge in [-0.15, -0.1) is 0 Å². The summed E-state index contributed by atoms with van der Waals surface area (Å²) in [6.45, 7) is 9.33. The fourth-order valence-corrected chi connectivity index (χ4v) is 8.47. The van der Waals surface area contributed by atoms with Gasteiger partial charge in [0.25, 0.3) is 0 Å². The summed E-state index contributed by atoms with van der Waals surface area (Å²) < 4.78 is 27.5. The molecule has 0 aromatic carbocycles. The summed E-state index contributed by atoms with van der Waals surface area (Å²) in [6.07, 6.45) is 3.81. The van der Waals surface area contributed by atoms with Gasteiger partial charge in [0.05, 0.1) is 45.2 Å². The van der Waals surface area contributed by atoms with E-state index in [1.807, 2.05) is 26.8 Å². The average Bonchev–Trinajstić information content (AvgIpc) is 3.43. The summed E-state index contributed by atoms with van der Waals surface area (Å²) in [7, 11) is 4.34. The molecule has 1 unspecified atom stereocenters. The van der Waals surface area contributed by atoms with Gasteiger partial charge in [-0.25, -0.2) is 0 Å². The highest BCUT2D eigenvalue weighted by atomic mass is 16.5. The first-order chi connectivity index (χ1) is 18.8. The summed E-state index contributed by atoms with van der Waals surface area (Å²) in [4.78, 5) is 52.3. The first-order valence-corrected chi connectivity index (χ1v) is 13.9. The molecule has 0 N–H and O–H groups in total. The van der Waals surface area contributed by atoms with Crippen LogP contribution in [0.1, 0.15) is 78.4 Å². The van der Waals surface area contributed by atoms with E-state index in [4.69, 9.17) is 23.4 Å². The molecular weight excluding hydrogens is 516 g/mol. The Balaban J connectivity index is 1.97. The molecule has 0 amide bonds. The Bertz CT molecular complexity index is 1200. The number of rotatable bonds is 8. The molecule has 0 spiro atoms. The lowest BCUT2D eigenvalue weighted by atomic mass is 9.40. The van der Waals surface area contributed by atoms with Crippen molar-refractivity contribution in [2.75, 3.05) is 21.3 Å². The lowest BCUT2D eigenvalue weighted by molar-refractivity contribution is -0.197. The standard InChI is InChI=1S/C31H42O9/c1-17(32)40-28-20-13-19-21(31(5,26(20)35)23(29(28,2)3)15-25(34)37-7)9-11-30(4,22(19)14-24(33)36-6)27(38-8)18-10-12-39-16-18/h10,12,16,20-21,23,27-28H,9,11,13-15H2,1-8H3/t20-,21+,23+,27?,28-,30-,31-/m1/s1. The zero-order chi connectivity index (χ0) is 29.6. The zero-order valence-electron chi connectivity index (χ0n) is 24.8. The number of methoxy groups -OCH3 is 3. The Hall–Kier alpha value is -2.94. The smallest absolute Gasteiger partial charge is 0.309 e. The first-order valence-electron chi connectivity index (χ1n) is 13.9. The van der Waals surface area contributed by atoms with Crippen molar-refractivity contribution in [3.8, 4) is 0 Å². The predicted molar refractivity (Wildman–Crippen MR) is 144 cm³/mol. The van der Waals surface area contributed by atoms with E-state index < -0.39 is 52.2 Å². The lowest BCUT2D eigenvalue weighted by Crippen LogP contribution is -2.66. The number of hydrogen-bond donors (Lipinski definition) is 0. The summed E-state index contributed by atoms with van der Waals surface area (Å²) in [5.74, 6) is -2.57. The molecular formula is C31H42O9. The van der Waals surface area contributed by atoms with E-state index in [0.717, 1.165) is 16.7 Å². The van der Waals surface area contributed by atoms with Crippen LogP contribution in [0.2, 0.25) is 0 Å². The van der Waals surface area contributed by atoms with Crippen LogP contribution in [-0.4, -0.2) is 51.1 Å². The Morgan fingerprint density at radius 3 is 2.30 bits per heavy atom.